The van der Waals surface area contributed by atoms with E-state index in [0.717, 1.165) is 5.56 Å². The Morgan fingerprint density at radius 1 is 1.60 bits per heavy atom. The Kier molecular flexibility index (Phi) is 3.85. The van der Waals surface area contributed by atoms with Gasteiger partial charge in [-0.2, -0.15) is 5.10 Å². The molecule has 1 rings (SSSR count). The van der Waals surface area contributed by atoms with E-state index >= 15 is 0 Å². The normalized spacial score (nSPS) is 12.5. The van der Waals surface area contributed by atoms with Gasteiger partial charge in [0.1, 0.15) is 6.04 Å². The number of carbonyl (C=O) groups excluding carboxylic acids is 1. The van der Waals surface area contributed by atoms with Crippen molar-refractivity contribution in [1.82, 2.24) is 14.7 Å². The van der Waals surface area contributed by atoms with Crippen LogP contribution in [0.5, 0.6) is 0 Å². The summed E-state index contributed by atoms with van der Waals surface area (Å²) in [5, 5.41) is 4.00. The zero-order chi connectivity index (χ0) is 11.4. The largest absolute Gasteiger partial charge is 0.342 e. The van der Waals surface area contributed by atoms with Crippen LogP contribution in [-0.4, -0.2) is 33.7 Å². The molecule has 0 saturated carbocycles. The highest BCUT2D eigenvalue weighted by molar-refractivity contribution is 5.82. The SMILES string of the molecule is CCN(CC)C(=O)C(N)c1cnn(C)c1. The minimum absolute atomic E-state index is 0.0481. The van der Waals surface area contributed by atoms with Crippen molar-refractivity contribution in [2.45, 2.75) is 19.9 Å². The van der Waals surface area contributed by atoms with Crippen molar-refractivity contribution in [3.63, 3.8) is 0 Å². The lowest BCUT2D eigenvalue weighted by Gasteiger charge is -2.21. The molecule has 1 atom stereocenters. The van der Waals surface area contributed by atoms with Crippen LogP contribution in [0.4, 0.5) is 0 Å². The standard InChI is InChI=1S/C10H18N4O/c1-4-14(5-2)10(15)9(11)8-6-12-13(3)7-8/h6-7,9H,4-5,11H2,1-3H3. The number of aromatic nitrogens is 2. The number of likely N-dealkylation sites (N-methyl/N-ethyl adjacent to an activating group) is 1. The summed E-state index contributed by atoms with van der Waals surface area (Å²) in [4.78, 5) is 13.6. The number of amides is 1. The predicted octanol–water partition coefficient (Wildman–Crippen LogP) is 0.288. The Bertz CT molecular complexity index is 330. The average Bonchev–Trinajstić information content (AvgIpc) is 2.65. The molecule has 5 heteroatoms. The number of nitrogens with two attached hydrogens (primary N) is 1. The van der Waals surface area contributed by atoms with Gasteiger partial charge in [-0.05, 0) is 13.8 Å². The first kappa shape index (κ1) is 11.7. The lowest BCUT2D eigenvalue weighted by Crippen LogP contribution is -2.38. The van der Waals surface area contributed by atoms with Crippen LogP contribution in [0, 0.1) is 0 Å². The summed E-state index contributed by atoms with van der Waals surface area (Å²) in [7, 11) is 1.80. The zero-order valence-electron chi connectivity index (χ0n) is 9.47. The highest BCUT2D eigenvalue weighted by Crippen LogP contribution is 2.11. The molecule has 0 saturated heterocycles. The van der Waals surface area contributed by atoms with Gasteiger partial charge in [-0.15, -0.1) is 0 Å². The highest BCUT2D eigenvalue weighted by Gasteiger charge is 2.21. The van der Waals surface area contributed by atoms with Gasteiger partial charge in [-0.25, -0.2) is 0 Å². The third-order valence-corrected chi connectivity index (χ3v) is 2.43. The molecule has 1 unspecified atom stereocenters. The molecule has 2 N–H and O–H groups in total. The first-order valence-electron chi connectivity index (χ1n) is 5.13. The Hall–Kier alpha value is -1.36. The average molecular weight is 210 g/mol. The first-order chi connectivity index (χ1) is 7.10. The van der Waals surface area contributed by atoms with Crippen molar-refractivity contribution in [3.8, 4) is 0 Å². The fourth-order valence-electron chi connectivity index (χ4n) is 1.48. The van der Waals surface area contributed by atoms with Crippen LogP contribution in [-0.2, 0) is 11.8 Å². The highest BCUT2D eigenvalue weighted by atomic mass is 16.2. The van der Waals surface area contributed by atoms with Gasteiger partial charge < -0.3 is 10.6 Å². The number of rotatable bonds is 4. The fourth-order valence-corrected chi connectivity index (χ4v) is 1.48. The Balaban J connectivity index is 2.76. The molecule has 5 nitrogen and oxygen atoms in total. The van der Waals surface area contributed by atoms with Gasteiger partial charge in [-0.3, -0.25) is 9.48 Å². The van der Waals surface area contributed by atoms with E-state index in [1.165, 1.54) is 0 Å². The van der Waals surface area contributed by atoms with E-state index in [9.17, 15) is 4.79 Å². The van der Waals surface area contributed by atoms with Crippen LogP contribution < -0.4 is 5.73 Å². The predicted molar refractivity (Wildman–Crippen MR) is 58.1 cm³/mol. The molecule has 0 aromatic carbocycles. The molecule has 0 bridgehead atoms. The minimum atomic E-state index is -0.599. The number of aryl methyl sites for hydroxylation is 1. The molecular formula is C10H18N4O. The van der Waals surface area contributed by atoms with E-state index in [-0.39, 0.29) is 5.91 Å². The molecule has 0 aliphatic heterocycles. The van der Waals surface area contributed by atoms with Gasteiger partial charge >= 0.3 is 0 Å². The van der Waals surface area contributed by atoms with E-state index in [1.54, 1.807) is 29.0 Å². The van der Waals surface area contributed by atoms with E-state index in [2.05, 4.69) is 5.10 Å². The summed E-state index contributed by atoms with van der Waals surface area (Å²) in [5.41, 5.74) is 6.62. The summed E-state index contributed by atoms with van der Waals surface area (Å²) >= 11 is 0. The van der Waals surface area contributed by atoms with Crippen LogP contribution in [0.2, 0.25) is 0 Å². The van der Waals surface area contributed by atoms with E-state index in [0.29, 0.717) is 13.1 Å². The summed E-state index contributed by atoms with van der Waals surface area (Å²) in [6, 6.07) is -0.599. The molecule has 0 radical (unpaired) electrons. The second kappa shape index (κ2) is 4.93. The van der Waals surface area contributed by atoms with E-state index < -0.39 is 6.04 Å². The number of hydrogen-bond donors (Lipinski definition) is 1. The maximum Gasteiger partial charge on any atom is 0.244 e. The van der Waals surface area contributed by atoms with Crippen LogP contribution in [0.15, 0.2) is 12.4 Å². The quantitative estimate of drug-likeness (QED) is 0.776. The summed E-state index contributed by atoms with van der Waals surface area (Å²) in [5.74, 6) is -0.0481. The Morgan fingerprint density at radius 2 is 2.20 bits per heavy atom. The van der Waals surface area contributed by atoms with Crippen molar-refractivity contribution in [1.29, 1.82) is 0 Å². The third kappa shape index (κ3) is 2.56. The lowest BCUT2D eigenvalue weighted by molar-refractivity contribution is -0.132. The molecule has 0 spiro atoms. The zero-order valence-corrected chi connectivity index (χ0v) is 9.47. The third-order valence-electron chi connectivity index (χ3n) is 2.43. The Morgan fingerprint density at radius 3 is 2.60 bits per heavy atom. The number of hydrogen-bond acceptors (Lipinski definition) is 3. The molecule has 15 heavy (non-hydrogen) atoms. The molecule has 84 valence electrons. The van der Waals surface area contributed by atoms with Crippen molar-refractivity contribution in [3.05, 3.63) is 18.0 Å². The van der Waals surface area contributed by atoms with Crippen molar-refractivity contribution < 1.29 is 4.79 Å². The monoisotopic (exact) mass is 210 g/mol. The van der Waals surface area contributed by atoms with Crippen LogP contribution in [0.1, 0.15) is 25.5 Å². The molecule has 1 amide bonds. The van der Waals surface area contributed by atoms with Gasteiger partial charge in [0, 0.05) is 31.9 Å². The van der Waals surface area contributed by atoms with Gasteiger partial charge in [-0.1, -0.05) is 0 Å². The second-order valence-corrected chi connectivity index (χ2v) is 3.44. The van der Waals surface area contributed by atoms with E-state index in [1.807, 2.05) is 13.8 Å². The molecule has 1 heterocycles. The van der Waals surface area contributed by atoms with Crippen molar-refractivity contribution >= 4 is 5.91 Å². The topological polar surface area (TPSA) is 64.2 Å². The molecule has 1 aromatic heterocycles. The van der Waals surface area contributed by atoms with Crippen LogP contribution in [0.3, 0.4) is 0 Å². The molecule has 1 aromatic rings. The van der Waals surface area contributed by atoms with Crippen LogP contribution in [0.25, 0.3) is 0 Å². The summed E-state index contributed by atoms with van der Waals surface area (Å²) in [6.45, 7) is 5.25. The van der Waals surface area contributed by atoms with E-state index in [4.69, 9.17) is 5.73 Å². The summed E-state index contributed by atoms with van der Waals surface area (Å²) < 4.78 is 1.64. The maximum atomic E-state index is 11.9. The fraction of sp³-hybridized carbons (Fsp3) is 0.600. The van der Waals surface area contributed by atoms with Crippen LogP contribution >= 0.6 is 0 Å². The van der Waals surface area contributed by atoms with Gasteiger partial charge in [0.2, 0.25) is 5.91 Å². The van der Waals surface area contributed by atoms with Crippen molar-refractivity contribution in [2.75, 3.05) is 13.1 Å². The number of nitrogens with zero attached hydrogens (tertiary/aromatic N) is 3. The molecule has 0 fully saturated rings. The first-order valence-corrected chi connectivity index (χ1v) is 5.13. The smallest absolute Gasteiger partial charge is 0.244 e. The second-order valence-electron chi connectivity index (χ2n) is 3.44. The van der Waals surface area contributed by atoms with Gasteiger partial charge in [0.05, 0.1) is 6.20 Å². The van der Waals surface area contributed by atoms with Crippen molar-refractivity contribution in [2.24, 2.45) is 12.8 Å². The molecular weight excluding hydrogens is 192 g/mol. The molecule has 0 aliphatic rings. The Labute approximate surface area is 89.9 Å². The lowest BCUT2D eigenvalue weighted by atomic mass is 10.1. The maximum absolute atomic E-state index is 11.9. The number of carbonyl (C=O) groups is 1. The molecule has 0 aliphatic carbocycles. The van der Waals surface area contributed by atoms with Gasteiger partial charge in [0.25, 0.3) is 0 Å². The van der Waals surface area contributed by atoms with Gasteiger partial charge in [0.15, 0.2) is 0 Å². The minimum Gasteiger partial charge on any atom is -0.342 e. The summed E-state index contributed by atoms with van der Waals surface area (Å²) in [6.07, 6.45) is 3.40.